The Morgan fingerprint density at radius 1 is 1.12 bits per heavy atom. The number of carbonyl (C=O) groups excluding carboxylic acids is 2. The number of ether oxygens (including phenoxy) is 1. The maximum Gasteiger partial charge on any atom is 0.235 e. The molecule has 2 amide bonds. The lowest BCUT2D eigenvalue weighted by Crippen LogP contribution is -2.50. The third-order valence-corrected chi connectivity index (χ3v) is 8.33. The Kier molecular flexibility index (Phi) is 6.62. The Morgan fingerprint density at radius 3 is 2.53 bits per heavy atom. The van der Waals surface area contributed by atoms with Crippen LogP contribution < -0.4 is 20.9 Å². The molecule has 0 bridgehead atoms. The van der Waals surface area contributed by atoms with E-state index in [1.807, 2.05) is 19.2 Å². The van der Waals surface area contributed by atoms with Gasteiger partial charge in [0.2, 0.25) is 11.8 Å². The standard InChI is InChI=1S/C26H37N5O3/c1-28-22-14-17(2-3-20(22)24(27)21-4-5-23(32)30-25(21)33)31-12-6-18(7-13-31)34-19-15-26(16-19)8-10-29-11-9-26/h2-3,14,18-19,21,27-29H,4-13,15-16H2,1H3,(H,30,32,33). The Bertz CT molecular complexity index is 942. The summed E-state index contributed by atoms with van der Waals surface area (Å²) in [7, 11) is 1.84. The van der Waals surface area contributed by atoms with Crippen molar-refractivity contribution < 1.29 is 14.3 Å². The van der Waals surface area contributed by atoms with Crippen LogP contribution in [0.1, 0.15) is 56.9 Å². The minimum Gasteiger partial charge on any atom is -0.388 e. The molecule has 4 N–H and O–H groups in total. The first-order valence-electron chi connectivity index (χ1n) is 12.8. The maximum absolute atomic E-state index is 12.2. The van der Waals surface area contributed by atoms with Crippen LogP contribution in [0.4, 0.5) is 11.4 Å². The number of carbonyl (C=O) groups is 2. The fraction of sp³-hybridized carbons (Fsp3) is 0.654. The molecule has 0 radical (unpaired) electrons. The van der Waals surface area contributed by atoms with Gasteiger partial charge in [-0.25, -0.2) is 0 Å². The Hall–Kier alpha value is -2.45. The lowest BCUT2D eigenvalue weighted by Gasteiger charge is -2.51. The van der Waals surface area contributed by atoms with Crippen LogP contribution in [0, 0.1) is 16.7 Å². The predicted octanol–water partition coefficient (Wildman–Crippen LogP) is 2.67. The van der Waals surface area contributed by atoms with Gasteiger partial charge in [-0.05, 0) is 81.6 Å². The van der Waals surface area contributed by atoms with Crippen LogP contribution in [0.15, 0.2) is 18.2 Å². The van der Waals surface area contributed by atoms with Crippen LogP contribution >= 0.6 is 0 Å². The zero-order chi connectivity index (χ0) is 23.7. The summed E-state index contributed by atoms with van der Waals surface area (Å²) in [6, 6.07) is 6.05. The van der Waals surface area contributed by atoms with E-state index < -0.39 is 5.92 Å². The number of hydrogen-bond donors (Lipinski definition) is 4. The summed E-state index contributed by atoms with van der Waals surface area (Å²) in [5.41, 5.74) is 3.51. The second kappa shape index (κ2) is 9.66. The van der Waals surface area contributed by atoms with E-state index in [0.29, 0.717) is 24.0 Å². The van der Waals surface area contributed by atoms with Crippen molar-refractivity contribution in [2.45, 2.75) is 63.6 Å². The van der Waals surface area contributed by atoms with E-state index >= 15 is 0 Å². The number of imide groups is 1. The lowest BCUT2D eigenvalue weighted by molar-refractivity contribution is -0.134. The van der Waals surface area contributed by atoms with E-state index in [4.69, 9.17) is 10.1 Å². The molecule has 8 nitrogen and oxygen atoms in total. The van der Waals surface area contributed by atoms with Crippen molar-refractivity contribution in [3.05, 3.63) is 23.8 Å². The molecule has 1 aromatic rings. The van der Waals surface area contributed by atoms with E-state index in [0.717, 1.165) is 56.0 Å². The topological polar surface area (TPSA) is 107 Å². The number of piperidine rings is 3. The van der Waals surface area contributed by atoms with Gasteiger partial charge < -0.3 is 25.7 Å². The summed E-state index contributed by atoms with van der Waals surface area (Å²) in [6.07, 6.45) is 8.62. The number of hydrogen-bond acceptors (Lipinski definition) is 7. The van der Waals surface area contributed by atoms with Gasteiger partial charge in [-0.15, -0.1) is 0 Å². The smallest absolute Gasteiger partial charge is 0.235 e. The largest absolute Gasteiger partial charge is 0.388 e. The molecule has 184 valence electrons. The zero-order valence-electron chi connectivity index (χ0n) is 20.1. The van der Waals surface area contributed by atoms with E-state index in [9.17, 15) is 9.59 Å². The molecule has 4 fully saturated rings. The molecule has 3 heterocycles. The summed E-state index contributed by atoms with van der Waals surface area (Å²) in [5, 5.41) is 17.7. The third kappa shape index (κ3) is 4.70. The van der Waals surface area contributed by atoms with Gasteiger partial charge in [0, 0.05) is 43.5 Å². The SMILES string of the molecule is CNc1cc(N2CCC(OC3CC4(CCNCC4)C3)CC2)ccc1C(=N)C1CCC(=O)NC1=O. The highest BCUT2D eigenvalue weighted by Crippen LogP contribution is 2.49. The van der Waals surface area contributed by atoms with Crippen LogP contribution in [0.25, 0.3) is 0 Å². The van der Waals surface area contributed by atoms with Gasteiger partial charge in [-0.1, -0.05) is 0 Å². The van der Waals surface area contributed by atoms with Crippen molar-refractivity contribution in [1.82, 2.24) is 10.6 Å². The molecule has 3 saturated heterocycles. The monoisotopic (exact) mass is 467 g/mol. The summed E-state index contributed by atoms with van der Waals surface area (Å²) in [5.74, 6) is -1.21. The van der Waals surface area contributed by atoms with E-state index in [2.05, 4.69) is 26.9 Å². The molecule has 4 aliphatic rings. The van der Waals surface area contributed by atoms with E-state index in [-0.39, 0.29) is 23.9 Å². The Balaban J connectivity index is 1.16. The van der Waals surface area contributed by atoms with Gasteiger partial charge in [0.15, 0.2) is 0 Å². The minimum atomic E-state index is -0.584. The van der Waals surface area contributed by atoms with Gasteiger partial charge >= 0.3 is 0 Å². The number of rotatable bonds is 6. The van der Waals surface area contributed by atoms with Crippen LogP contribution in [-0.2, 0) is 14.3 Å². The van der Waals surface area contributed by atoms with Crippen LogP contribution in [0.5, 0.6) is 0 Å². The number of anilines is 2. The number of amides is 2. The highest BCUT2D eigenvalue weighted by atomic mass is 16.5. The predicted molar refractivity (Wildman–Crippen MR) is 133 cm³/mol. The second-order valence-electron chi connectivity index (χ2n) is 10.5. The van der Waals surface area contributed by atoms with Gasteiger partial charge in [-0.2, -0.15) is 0 Å². The first-order chi connectivity index (χ1) is 16.5. The molecule has 1 aromatic carbocycles. The first kappa shape index (κ1) is 23.3. The van der Waals surface area contributed by atoms with Gasteiger partial charge in [0.05, 0.1) is 23.8 Å². The van der Waals surface area contributed by atoms with Crippen molar-refractivity contribution >= 4 is 28.9 Å². The van der Waals surface area contributed by atoms with Crippen molar-refractivity contribution in [3.8, 4) is 0 Å². The molecular formula is C26H37N5O3. The van der Waals surface area contributed by atoms with Crippen LogP contribution in [-0.4, -0.2) is 63.0 Å². The Morgan fingerprint density at radius 2 is 1.85 bits per heavy atom. The van der Waals surface area contributed by atoms with Gasteiger partial charge in [0.25, 0.3) is 0 Å². The molecule has 1 unspecified atom stereocenters. The number of nitrogens with zero attached hydrogens (tertiary/aromatic N) is 1. The molecule has 1 aliphatic carbocycles. The third-order valence-electron chi connectivity index (χ3n) is 8.33. The van der Waals surface area contributed by atoms with Crippen molar-refractivity contribution in [2.75, 3.05) is 43.4 Å². The number of benzene rings is 1. The average molecular weight is 468 g/mol. The highest BCUT2D eigenvalue weighted by Gasteiger charge is 2.46. The van der Waals surface area contributed by atoms with Crippen LogP contribution in [0.2, 0.25) is 0 Å². The molecule has 3 aliphatic heterocycles. The summed E-state index contributed by atoms with van der Waals surface area (Å²) >= 11 is 0. The molecule has 8 heteroatoms. The second-order valence-corrected chi connectivity index (χ2v) is 10.5. The van der Waals surface area contributed by atoms with E-state index in [1.54, 1.807) is 0 Å². The molecule has 0 aromatic heterocycles. The molecular weight excluding hydrogens is 430 g/mol. The van der Waals surface area contributed by atoms with E-state index in [1.165, 1.54) is 25.7 Å². The average Bonchev–Trinajstić information content (AvgIpc) is 2.83. The molecule has 1 atom stereocenters. The summed E-state index contributed by atoms with van der Waals surface area (Å²) < 4.78 is 6.47. The highest BCUT2D eigenvalue weighted by molar-refractivity contribution is 6.17. The Labute approximate surface area is 201 Å². The lowest BCUT2D eigenvalue weighted by atomic mass is 9.61. The molecule has 1 saturated carbocycles. The summed E-state index contributed by atoms with van der Waals surface area (Å²) in [4.78, 5) is 26.1. The van der Waals surface area contributed by atoms with Crippen molar-refractivity contribution in [1.29, 1.82) is 5.41 Å². The van der Waals surface area contributed by atoms with Crippen molar-refractivity contribution in [3.63, 3.8) is 0 Å². The van der Waals surface area contributed by atoms with Gasteiger partial charge in [0.1, 0.15) is 0 Å². The fourth-order valence-electron chi connectivity index (χ4n) is 6.22. The first-order valence-corrected chi connectivity index (χ1v) is 12.8. The number of nitrogens with one attached hydrogen (secondary N) is 4. The van der Waals surface area contributed by atoms with Crippen LogP contribution in [0.3, 0.4) is 0 Å². The minimum absolute atomic E-state index is 0.256. The van der Waals surface area contributed by atoms with Gasteiger partial charge in [-0.3, -0.25) is 14.9 Å². The zero-order valence-corrected chi connectivity index (χ0v) is 20.1. The summed E-state index contributed by atoms with van der Waals surface area (Å²) in [6.45, 7) is 4.23. The maximum atomic E-state index is 12.2. The normalized spacial score (nSPS) is 25.7. The fourth-order valence-corrected chi connectivity index (χ4v) is 6.22. The molecule has 1 spiro atoms. The molecule has 34 heavy (non-hydrogen) atoms. The molecule has 5 rings (SSSR count). The van der Waals surface area contributed by atoms with Crippen molar-refractivity contribution in [2.24, 2.45) is 11.3 Å². The quantitative estimate of drug-likeness (QED) is 0.379.